The van der Waals surface area contributed by atoms with Crippen molar-refractivity contribution in [1.82, 2.24) is 10.2 Å². The fourth-order valence-electron chi connectivity index (χ4n) is 2.06. The van der Waals surface area contributed by atoms with Gasteiger partial charge in [-0.3, -0.25) is 4.79 Å². The van der Waals surface area contributed by atoms with Crippen LogP contribution in [0.4, 0.5) is 5.69 Å². The van der Waals surface area contributed by atoms with Crippen molar-refractivity contribution in [3.05, 3.63) is 60.2 Å². The Morgan fingerprint density at radius 1 is 1.08 bits per heavy atom. The van der Waals surface area contributed by atoms with Gasteiger partial charge in [-0.15, -0.1) is 10.2 Å². The minimum Gasteiger partial charge on any atom is -0.411 e. The van der Waals surface area contributed by atoms with E-state index in [0.29, 0.717) is 23.3 Å². The van der Waals surface area contributed by atoms with Gasteiger partial charge in [0.1, 0.15) is 0 Å². The Hall–Kier alpha value is -2.60. The van der Waals surface area contributed by atoms with E-state index in [1.54, 1.807) is 0 Å². The molecule has 0 aliphatic carbocycles. The lowest BCUT2D eigenvalue weighted by Gasteiger charge is -2.04. The van der Waals surface area contributed by atoms with Gasteiger partial charge in [-0.05, 0) is 31.2 Å². The zero-order chi connectivity index (χ0) is 16.8. The standard InChI is InChI=1S/C18H17N3O2S/c1-13-7-9-15(10-8-13)19-16(22)11-12-24-18-21-20-17(23-18)14-5-3-2-4-6-14/h2-10H,11-12H2,1H3,(H,19,22). The Morgan fingerprint density at radius 2 is 1.83 bits per heavy atom. The fraction of sp³-hybridized carbons (Fsp3) is 0.167. The molecular formula is C18H17N3O2S. The summed E-state index contributed by atoms with van der Waals surface area (Å²) in [4.78, 5) is 11.9. The maximum atomic E-state index is 11.9. The van der Waals surface area contributed by atoms with Crippen molar-refractivity contribution >= 4 is 23.4 Å². The van der Waals surface area contributed by atoms with Crippen LogP contribution in [0, 0.1) is 6.92 Å². The highest BCUT2D eigenvalue weighted by Crippen LogP contribution is 2.23. The molecule has 122 valence electrons. The number of thioether (sulfide) groups is 1. The van der Waals surface area contributed by atoms with E-state index in [0.717, 1.165) is 16.8 Å². The quantitative estimate of drug-likeness (QED) is 0.683. The molecule has 0 fully saturated rings. The molecule has 3 aromatic rings. The van der Waals surface area contributed by atoms with E-state index in [1.807, 2.05) is 61.5 Å². The van der Waals surface area contributed by atoms with Crippen LogP contribution in [-0.4, -0.2) is 21.9 Å². The molecule has 2 aromatic carbocycles. The number of hydrogen-bond acceptors (Lipinski definition) is 5. The summed E-state index contributed by atoms with van der Waals surface area (Å²) in [5.74, 6) is 1.03. The summed E-state index contributed by atoms with van der Waals surface area (Å²) in [5.41, 5.74) is 2.85. The molecule has 0 spiro atoms. The van der Waals surface area contributed by atoms with E-state index in [-0.39, 0.29) is 5.91 Å². The molecule has 0 atom stereocenters. The molecule has 1 aromatic heterocycles. The van der Waals surface area contributed by atoms with Gasteiger partial charge in [-0.2, -0.15) is 0 Å². The first-order valence-electron chi connectivity index (χ1n) is 7.59. The molecule has 24 heavy (non-hydrogen) atoms. The first kappa shape index (κ1) is 16.3. The number of benzene rings is 2. The summed E-state index contributed by atoms with van der Waals surface area (Å²) in [5, 5.41) is 11.4. The minimum atomic E-state index is -0.0332. The molecule has 0 bridgehead atoms. The third-order valence-electron chi connectivity index (χ3n) is 3.32. The maximum absolute atomic E-state index is 11.9. The van der Waals surface area contributed by atoms with Crippen molar-refractivity contribution in [2.45, 2.75) is 18.6 Å². The molecule has 5 nitrogen and oxygen atoms in total. The third kappa shape index (κ3) is 4.45. The van der Waals surface area contributed by atoms with Crippen molar-refractivity contribution in [3.63, 3.8) is 0 Å². The molecule has 0 radical (unpaired) electrons. The second kappa shape index (κ2) is 7.79. The van der Waals surface area contributed by atoms with Crippen molar-refractivity contribution < 1.29 is 9.21 Å². The lowest BCUT2D eigenvalue weighted by molar-refractivity contribution is -0.115. The van der Waals surface area contributed by atoms with Gasteiger partial charge in [0, 0.05) is 23.4 Å². The molecule has 0 saturated heterocycles. The number of rotatable bonds is 6. The number of amides is 1. The second-order valence-corrected chi connectivity index (χ2v) is 6.30. The van der Waals surface area contributed by atoms with Crippen LogP contribution in [-0.2, 0) is 4.79 Å². The van der Waals surface area contributed by atoms with Crippen molar-refractivity contribution in [1.29, 1.82) is 0 Å². The van der Waals surface area contributed by atoms with Crippen LogP contribution < -0.4 is 5.32 Å². The minimum absolute atomic E-state index is 0.0332. The lowest BCUT2D eigenvalue weighted by atomic mass is 10.2. The van der Waals surface area contributed by atoms with E-state index in [1.165, 1.54) is 11.8 Å². The van der Waals surface area contributed by atoms with Gasteiger partial charge in [0.15, 0.2) is 0 Å². The molecule has 3 rings (SSSR count). The number of anilines is 1. The van der Waals surface area contributed by atoms with Crippen LogP contribution in [0.5, 0.6) is 0 Å². The Labute approximate surface area is 144 Å². The van der Waals surface area contributed by atoms with Gasteiger partial charge in [-0.25, -0.2) is 0 Å². The van der Waals surface area contributed by atoms with Crippen LogP contribution >= 0.6 is 11.8 Å². The van der Waals surface area contributed by atoms with Crippen molar-refractivity contribution in [2.75, 3.05) is 11.1 Å². The van der Waals surface area contributed by atoms with Crippen LogP contribution in [0.15, 0.2) is 64.2 Å². The fourth-order valence-corrected chi connectivity index (χ4v) is 2.76. The van der Waals surface area contributed by atoms with Gasteiger partial charge in [0.2, 0.25) is 11.8 Å². The Kier molecular flexibility index (Phi) is 5.28. The van der Waals surface area contributed by atoms with E-state index in [2.05, 4.69) is 15.5 Å². The van der Waals surface area contributed by atoms with Gasteiger partial charge >= 0.3 is 0 Å². The number of aryl methyl sites for hydroxylation is 1. The van der Waals surface area contributed by atoms with Gasteiger partial charge < -0.3 is 9.73 Å². The monoisotopic (exact) mass is 339 g/mol. The highest BCUT2D eigenvalue weighted by atomic mass is 32.2. The zero-order valence-corrected chi connectivity index (χ0v) is 14.0. The zero-order valence-electron chi connectivity index (χ0n) is 13.2. The molecular weight excluding hydrogens is 322 g/mol. The van der Waals surface area contributed by atoms with E-state index < -0.39 is 0 Å². The summed E-state index contributed by atoms with van der Waals surface area (Å²) < 4.78 is 5.59. The summed E-state index contributed by atoms with van der Waals surface area (Å²) in [7, 11) is 0. The molecule has 0 saturated carbocycles. The smallest absolute Gasteiger partial charge is 0.276 e. The lowest BCUT2D eigenvalue weighted by Crippen LogP contribution is -2.12. The molecule has 1 N–H and O–H groups in total. The first-order chi connectivity index (χ1) is 11.7. The van der Waals surface area contributed by atoms with Gasteiger partial charge in [0.25, 0.3) is 5.22 Å². The molecule has 6 heteroatoms. The SMILES string of the molecule is Cc1ccc(NC(=O)CCSc2nnc(-c3ccccc3)o2)cc1. The highest BCUT2D eigenvalue weighted by Gasteiger charge is 2.09. The van der Waals surface area contributed by atoms with Crippen molar-refractivity contribution in [3.8, 4) is 11.5 Å². The van der Waals surface area contributed by atoms with E-state index in [9.17, 15) is 4.79 Å². The normalized spacial score (nSPS) is 10.5. The van der Waals surface area contributed by atoms with Crippen LogP contribution in [0.2, 0.25) is 0 Å². The highest BCUT2D eigenvalue weighted by molar-refractivity contribution is 7.99. The average molecular weight is 339 g/mol. The number of carbonyl (C=O) groups excluding carboxylic acids is 1. The Balaban J connectivity index is 1.47. The molecule has 0 unspecified atom stereocenters. The summed E-state index contributed by atoms with van der Waals surface area (Å²) in [6.07, 6.45) is 0.377. The van der Waals surface area contributed by atoms with E-state index in [4.69, 9.17) is 4.42 Å². The Bertz CT molecular complexity index is 801. The summed E-state index contributed by atoms with van der Waals surface area (Å²) >= 11 is 1.38. The number of hydrogen-bond donors (Lipinski definition) is 1. The number of carbonyl (C=O) groups is 1. The molecule has 1 amide bonds. The molecule has 0 aliphatic rings. The summed E-state index contributed by atoms with van der Waals surface area (Å²) in [6, 6.07) is 17.3. The Morgan fingerprint density at radius 3 is 2.58 bits per heavy atom. The number of nitrogens with zero attached hydrogens (tertiary/aromatic N) is 2. The van der Waals surface area contributed by atoms with Gasteiger partial charge in [0.05, 0.1) is 0 Å². The predicted octanol–water partition coefficient (Wildman–Crippen LogP) is 4.17. The van der Waals surface area contributed by atoms with Gasteiger partial charge in [-0.1, -0.05) is 47.7 Å². The predicted molar refractivity (Wildman–Crippen MR) is 94.9 cm³/mol. The van der Waals surface area contributed by atoms with Crippen LogP contribution in [0.1, 0.15) is 12.0 Å². The van der Waals surface area contributed by atoms with E-state index >= 15 is 0 Å². The number of aromatic nitrogens is 2. The maximum Gasteiger partial charge on any atom is 0.276 e. The first-order valence-corrected chi connectivity index (χ1v) is 8.57. The average Bonchev–Trinajstić information content (AvgIpc) is 3.07. The van der Waals surface area contributed by atoms with Crippen LogP contribution in [0.25, 0.3) is 11.5 Å². The molecule has 1 heterocycles. The molecule has 0 aliphatic heterocycles. The van der Waals surface area contributed by atoms with Crippen LogP contribution in [0.3, 0.4) is 0 Å². The second-order valence-electron chi connectivity index (χ2n) is 5.25. The van der Waals surface area contributed by atoms with Crippen molar-refractivity contribution in [2.24, 2.45) is 0 Å². The number of nitrogens with one attached hydrogen (secondary N) is 1. The largest absolute Gasteiger partial charge is 0.411 e. The third-order valence-corrected chi connectivity index (χ3v) is 4.14. The summed E-state index contributed by atoms with van der Waals surface area (Å²) in [6.45, 7) is 2.01. The topological polar surface area (TPSA) is 68.0 Å².